The highest BCUT2D eigenvalue weighted by Crippen LogP contribution is 2.35. The van der Waals surface area contributed by atoms with Gasteiger partial charge in [-0.15, -0.1) is 0 Å². The molecule has 3 rings (SSSR count). The van der Waals surface area contributed by atoms with E-state index in [1.165, 1.54) is 36.2 Å². The summed E-state index contributed by atoms with van der Waals surface area (Å²) in [5.74, 6) is 0.800. The van der Waals surface area contributed by atoms with Crippen molar-refractivity contribution in [2.75, 3.05) is 19.8 Å². The molecule has 1 saturated heterocycles. The summed E-state index contributed by atoms with van der Waals surface area (Å²) in [7, 11) is -1.64. The van der Waals surface area contributed by atoms with E-state index in [-0.39, 0.29) is 5.91 Å². The van der Waals surface area contributed by atoms with Crippen LogP contribution in [0.15, 0.2) is 24.3 Å². The number of benzene rings is 1. The molecule has 2 atom stereocenters. The van der Waals surface area contributed by atoms with Crippen molar-refractivity contribution >= 4 is 15.9 Å². The summed E-state index contributed by atoms with van der Waals surface area (Å²) in [6.07, 6.45) is 8.46. The lowest BCUT2D eigenvalue weighted by Gasteiger charge is -2.44. The number of sulfonamides is 1. The summed E-state index contributed by atoms with van der Waals surface area (Å²) in [6.45, 7) is 1.18. The molecule has 5 nitrogen and oxygen atoms in total. The molecule has 2 aliphatic rings. The maximum atomic E-state index is 13.0. The van der Waals surface area contributed by atoms with Crippen LogP contribution in [0.1, 0.15) is 54.4 Å². The molecule has 1 aromatic rings. The second-order valence-electron chi connectivity index (χ2n) is 7.47. The molecule has 2 fully saturated rings. The standard InChI is InChI=1S/C19H28N2O3S/c1-20(25(2,23)24)14-15-9-11-17(12-10-15)19(22)21-13-5-7-16-6-3-4-8-18(16)21/h9-12,16,18H,3-8,13-14H2,1-2H3. The van der Waals surface area contributed by atoms with Crippen LogP contribution in [0.5, 0.6) is 0 Å². The van der Waals surface area contributed by atoms with Gasteiger partial charge in [-0.3, -0.25) is 4.79 Å². The average Bonchev–Trinajstić information content (AvgIpc) is 2.60. The van der Waals surface area contributed by atoms with Gasteiger partial charge in [0.05, 0.1) is 6.26 Å². The number of hydrogen-bond donors (Lipinski definition) is 0. The number of rotatable bonds is 4. The number of fused-ring (bicyclic) bond motifs is 1. The second kappa shape index (κ2) is 7.46. The first-order chi connectivity index (χ1) is 11.9. The topological polar surface area (TPSA) is 57.7 Å². The Morgan fingerprint density at radius 3 is 2.44 bits per heavy atom. The summed E-state index contributed by atoms with van der Waals surface area (Å²) in [4.78, 5) is 15.1. The van der Waals surface area contributed by atoms with E-state index >= 15 is 0 Å². The minimum absolute atomic E-state index is 0.125. The van der Waals surface area contributed by atoms with E-state index in [2.05, 4.69) is 4.90 Å². The molecular weight excluding hydrogens is 336 g/mol. The van der Waals surface area contributed by atoms with Crippen molar-refractivity contribution in [2.45, 2.75) is 51.1 Å². The highest BCUT2D eigenvalue weighted by atomic mass is 32.2. The van der Waals surface area contributed by atoms with E-state index in [1.54, 1.807) is 7.05 Å². The number of carbonyl (C=O) groups excluding carboxylic acids is 1. The Morgan fingerprint density at radius 1 is 1.12 bits per heavy atom. The van der Waals surface area contributed by atoms with Gasteiger partial charge in [0, 0.05) is 31.7 Å². The third-order valence-electron chi connectivity index (χ3n) is 5.68. The van der Waals surface area contributed by atoms with Crippen molar-refractivity contribution in [3.8, 4) is 0 Å². The number of carbonyl (C=O) groups is 1. The van der Waals surface area contributed by atoms with Crippen LogP contribution >= 0.6 is 0 Å². The predicted molar refractivity (Wildman–Crippen MR) is 98.8 cm³/mol. The van der Waals surface area contributed by atoms with Crippen LogP contribution in [-0.4, -0.2) is 49.4 Å². The normalized spacial score (nSPS) is 24.2. The first-order valence-electron chi connectivity index (χ1n) is 9.17. The lowest BCUT2D eigenvalue weighted by molar-refractivity contribution is 0.0390. The summed E-state index contributed by atoms with van der Waals surface area (Å²) in [6, 6.07) is 7.79. The third kappa shape index (κ3) is 4.23. The van der Waals surface area contributed by atoms with Crippen LogP contribution in [0.25, 0.3) is 0 Å². The van der Waals surface area contributed by atoms with E-state index in [9.17, 15) is 13.2 Å². The third-order valence-corrected chi connectivity index (χ3v) is 6.94. The Hall–Kier alpha value is -1.40. The molecule has 0 bridgehead atoms. The van der Waals surface area contributed by atoms with Gasteiger partial charge >= 0.3 is 0 Å². The fourth-order valence-corrected chi connectivity index (χ4v) is 4.55. The molecule has 1 aromatic carbocycles. The van der Waals surface area contributed by atoms with Gasteiger partial charge in [-0.25, -0.2) is 12.7 Å². The molecule has 138 valence electrons. The fourth-order valence-electron chi connectivity index (χ4n) is 4.17. The highest BCUT2D eigenvalue weighted by molar-refractivity contribution is 7.88. The molecule has 1 aliphatic carbocycles. The van der Waals surface area contributed by atoms with E-state index in [0.717, 1.165) is 24.9 Å². The van der Waals surface area contributed by atoms with Crippen LogP contribution in [0.3, 0.4) is 0 Å². The first kappa shape index (κ1) is 18.4. The van der Waals surface area contributed by atoms with Crippen molar-refractivity contribution < 1.29 is 13.2 Å². The van der Waals surface area contributed by atoms with Crippen LogP contribution in [-0.2, 0) is 16.6 Å². The zero-order valence-corrected chi connectivity index (χ0v) is 16.0. The molecule has 2 unspecified atom stereocenters. The maximum Gasteiger partial charge on any atom is 0.254 e. The average molecular weight is 365 g/mol. The van der Waals surface area contributed by atoms with Crippen molar-refractivity contribution in [1.82, 2.24) is 9.21 Å². The molecule has 0 spiro atoms. The Morgan fingerprint density at radius 2 is 1.76 bits per heavy atom. The lowest BCUT2D eigenvalue weighted by Crippen LogP contribution is -2.49. The number of piperidine rings is 1. The summed E-state index contributed by atoms with van der Waals surface area (Å²) < 4.78 is 24.3. The van der Waals surface area contributed by atoms with Gasteiger partial charge in [0.1, 0.15) is 0 Å². The largest absolute Gasteiger partial charge is 0.335 e. The van der Waals surface area contributed by atoms with Crippen molar-refractivity contribution in [1.29, 1.82) is 0 Å². The van der Waals surface area contributed by atoms with E-state index in [4.69, 9.17) is 0 Å². The van der Waals surface area contributed by atoms with Crippen molar-refractivity contribution in [2.24, 2.45) is 5.92 Å². The molecule has 0 aromatic heterocycles. The smallest absolute Gasteiger partial charge is 0.254 e. The molecule has 0 N–H and O–H groups in total. The Bertz CT molecular complexity index is 713. The van der Waals surface area contributed by atoms with Crippen LogP contribution in [0.4, 0.5) is 0 Å². The molecule has 1 heterocycles. The van der Waals surface area contributed by atoms with Gasteiger partial charge in [0.2, 0.25) is 10.0 Å². The van der Waals surface area contributed by atoms with Gasteiger partial charge in [0.25, 0.3) is 5.91 Å². The van der Waals surface area contributed by atoms with Crippen molar-refractivity contribution in [3.63, 3.8) is 0 Å². The predicted octanol–water partition coefficient (Wildman–Crippen LogP) is 2.87. The first-order valence-corrected chi connectivity index (χ1v) is 11.0. The zero-order chi connectivity index (χ0) is 18.0. The van der Waals surface area contributed by atoms with E-state index in [1.807, 2.05) is 24.3 Å². The molecule has 1 aliphatic heterocycles. The lowest BCUT2D eigenvalue weighted by atomic mass is 9.78. The van der Waals surface area contributed by atoms with Crippen LogP contribution < -0.4 is 0 Å². The summed E-state index contributed by atoms with van der Waals surface area (Å²) >= 11 is 0. The number of nitrogens with zero attached hydrogens (tertiary/aromatic N) is 2. The van der Waals surface area contributed by atoms with E-state index in [0.29, 0.717) is 24.1 Å². The Balaban J connectivity index is 1.70. The van der Waals surface area contributed by atoms with Gasteiger partial charge in [-0.1, -0.05) is 25.0 Å². The molecule has 1 saturated carbocycles. The van der Waals surface area contributed by atoms with Gasteiger partial charge in [0.15, 0.2) is 0 Å². The molecule has 0 radical (unpaired) electrons. The van der Waals surface area contributed by atoms with Gasteiger partial charge in [-0.2, -0.15) is 0 Å². The quantitative estimate of drug-likeness (QED) is 0.825. The Kier molecular flexibility index (Phi) is 5.49. The second-order valence-corrected chi connectivity index (χ2v) is 9.56. The maximum absolute atomic E-state index is 13.0. The minimum atomic E-state index is -3.20. The van der Waals surface area contributed by atoms with Gasteiger partial charge in [-0.05, 0) is 49.3 Å². The van der Waals surface area contributed by atoms with E-state index < -0.39 is 10.0 Å². The summed E-state index contributed by atoms with van der Waals surface area (Å²) in [5.41, 5.74) is 1.59. The molecular formula is C19H28N2O3S. The summed E-state index contributed by atoms with van der Waals surface area (Å²) in [5, 5.41) is 0. The monoisotopic (exact) mass is 364 g/mol. The molecule has 25 heavy (non-hydrogen) atoms. The number of likely N-dealkylation sites (tertiary alicyclic amines) is 1. The minimum Gasteiger partial charge on any atom is -0.335 e. The SMILES string of the molecule is CN(Cc1ccc(C(=O)N2CCCC3CCCCC32)cc1)S(C)(=O)=O. The van der Waals surface area contributed by atoms with Crippen molar-refractivity contribution in [3.05, 3.63) is 35.4 Å². The number of amides is 1. The molecule has 6 heteroatoms. The Labute approximate surface area is 151 Å². The van der Waals surface area contributed by atoms with Gasteiger partial charge < -0.3 is 4.90 Å². The highest BCUT2D eigenvalue weighted by Gasteiger charge is 2.35. The fraction of sp³-hybridized carbons (Fsp3) is 0.632. The van der Waals surface area contributed by atoms with Crippen LogP contribution in [0, 0.1) is 5.92 Å². The van der Waals surface area contributed by atoms with Crippen LogP contribution in [0.2, 0.25) is 0 Å². The molecule has 1 amide bonds. The zero-order valence-electron chi connectivity index (χ0n) is 15.1. The number of hydrogen-bond acceptors (Lipinski definition) is 3.